The first-order chi connectivity index (χ1) is 11.5. The van der Waals surface area contributed by atoms with E-state index in [4.69, 9.17) is 0 Å². The number of nitrogens with zero attached hydrogens (tertiary/aromatic N) is 4. The highest BCUT2D eigenvalue weighted by Gasteiger charge is 2.12. The van der Waals surface area contributed by atoms with E-state index in [0.29, 0.717) is 11.5 Å². The van der Waals surface area contributed by atoms with Gasteiger partial charge in [-0.05, 0) is 18.4 Å². The third-order valence-corrected chi connectivity index (χ3v) is 3.64. The number of carbonyl (C=O) groups is 1. The summed E-state index contributed by atoms with van der Waals surface area (Å²) in [5.74, 6) is 1.16. The predicted octanol–water partition coefficient (Wildman–Crippen LogP) is 2.33. The summed E-state index contributed by atoms with van der Waals surface area (Å²) >= 11 is 0. The van der Waals surface area contributed by atoms with Gasteiger partial charge in [0.1, 0.15) is 17.3 Å². The van der Waals surface area contributed by atoms with E-state index in [1.807, 2.05) is 62.3 Å². The van der Waals surface area contributed by atoms with E-state index in [1.165, 1.54) is 0 Å². The number of hydrogen-bond donors (Lipinski definition) is 1. The van der Waals surface area contributed by atoms with Crippen LogP contribution in [0.15, 0.2) is 42.6 Å². The van der Waals surface area contributed by atoms with Gasteiger partial charge in [-0.15, -0.1) is 0 Å². The van der Waals surface area contributed by atoms with Gasteiger partial charge in [-0.25, -0.2) is 9.97 Å². The number of carbonyl (C=O) groups excluding carboxylic acids is 1. The van der Waals surface area contributed by atoms with Crippen molar-refractivity contribution in [3.8, 4) is 0 Å². The zero-order chi connectivity index (χ0) is 17.1. The number of nitrogens with one attached hydrogen (secondary N) is 1. The van der Waals surface area contributed by atoms with E-state index < -0.39 is 0 Å². The van der Waals surface area contributed by atoms with Gasteiger partial charge in [0.25, 0.3) is 5.91 Å². The summed E-state index contributed by atoms with van der Waals surface area (Å²) in [6.45, 7) is 2.17. The van der Waals surface area contributed by atoms with E-state index in [9.17, 15) is 4.79 Å². The molecule has 122 valence electrons. The average molecular weight is 321 g/mol. The van der Waals surface area contributed by atoms with Crippen LogP contribution in [0.2, 0.25) is 0 Å². The monoisotopic (exact) mass is 321 g/mol. The van der Waals surface area contributed by atoms with Crippen LogP contribution in [-0.2, 0) is 6.54 Å². The molecular formula is C18H19N5O. The maximum atomic E-state index is 12.5. The molecule has 1 N–H and O–H groups in total. The maximum Gasteiger partial charge on any atom is 0.270 e. The van der Waals surface area contributed by atoms with Crippen LogP contribution < -0.4 is 10.2 Å². The van der Waals surface area contributed by atoms with Crippen molar-refractivity contribution in [3.63, 3.8) is 0 Å². The summed E-state index contributed by atoms with van der Waals surface area (Å²) in [5, 5.41) is 4.67. The molecule has 0 spiro atoms. The van der Waals surface area contributed by atoms with Crippen LogP contribution in [0.25, 0.3) is 10.8 Å². The Labute approximate surface area is 140 Å². The molecule has 2 aromatic heterocycles. The Morgan fingerprint density at radius 1 is 1.17 bits per heavy atom. The molecule has 1 amide bonds. The van der Waals surface area contributed by atoms with Gasteiger partial charge in [-0.3, -0.25) is 9.78 Å². The lowest BCUT2D eigenvalue weighted by atomic mass is 10.1. The quantitative estimate of drug-likeness (QED) is 0.798. The van der Waals surface area contributed by atoms with Crippen molar-refractivity contribution < 1.29 is 4.79 Å². The third kappa shape index (κ3) is 3.32. The van der Waals surface area contributed by atoms with Crippen molar-refractivity contribution >= 4 is 22.5 Å². The second kappa shape index (κ2) is 6.62. The van der Waals surface area contributed by atoms with Gasteiger partial charge in [0.2, 0.25) is 0 Å². The SMILES string of the molecule is Cc1cc(N(C)C)nc(CNC(=O)c2nccc3ccccc23)n1. The molecule has 0 saturated heterocycles. The lowest BCUT2D eigenvalue weighted by Gasteiger charge is -2.13. The first-order valence-electron chi connectivity index (χ1n) is 7.68. The minimum atomic E-state index is -0.233. The van der Waals surface area contributed by atoms with Crippen molar-refractivity contribution in [1.29, 1.82) is 0 Å². The number of benzene rings is 1. The summed E-state index contributed by atoms with van der Waals surface area (Å²) in [4.78, 5) is 27.4. The molecule has 24 heavy (non-hydrogen) atoms. The lowest BCUT2D eigenvalue weighted by molar-refractivity contribution is 0.0946. The van der Waals surface area contributed by atoms with E-state index in [-0.39, 0.29) is 12.5 Å². The van der Waals surface area contributed by atoms with Crippen LogP contribution in [0, 0.1) is 6.92 Å². The molecule has 2 heterocycles. The van der Waals surface area contributed by atoms with Gasteiger partial charge >= 0.3 is 0 Å². The summed E-state index contributed by atoms with van der Waals surface area (Å²) in [7, 11) is 3.84. The van der Waals surface area contributed by atoms with Crippen LogP contribution in [0.5, 0.6) is 0 Å². The number of fused-ring (bicyclic) bond motifs is 1. The largest absolute Gasteiger partial charge is 0.363 e. The first-order valence-corrected chi connectivity index (χ1v) is 7.68. The summed E-state index contributed by atoms with van der Waals surface area (Å²) < 4.78 is 0. The van der Waals surface area contributed by atoms with Crippen LogP contribution in [0.1, 0.15) is 22.0 Å². The number of pyridine rings is 1. The molecule has 3 rings (SSSR count). The highest BCUT2D eigenvalue weighted by Crippen LogP contribution is 2.16. The molecule has 1 aromatic carbocycles. The number of amides is 1. The Morgan fingerprint density at radius 2 is 1.96 bits per heavy atom. The van der Waals surface area contributed by atoms with Gasteiger partial charge in [0.15, 0.2) is 0 Å². The van der Waals surface area contributed by atoms with E-state index >= 15 is 0 Å². The molecule has 0 saturated carbocycles. The number of aryl methyl sites for hydroxylation is 1. The second-order valence-corrected chi connectivity index (χ2v) is 5.74. The predicted molar refractivity (Wildman–Crippen MR) is 94.0 cm³/mol. The summed E-state index contributed by atoms with van der Waals surface area (Å²) in [6.07, 6.45) is 1.64. The smallest absolute Gasteiger partial charge is 0.270 e. The standard InChI is InChI=1S/C18H19N5O/c1-12-10-16(23(2)3)22-15(21-12)11-20-18(24)17-14-7-5-4-6-13(14)8-9-19-17/h4-10H,11H2,1-3H3,(H,20,24). The van der Waals surface area contributed by atoms with Crippen molar-refractivity contribution in [3.05, 3.63) is 59.8 Å². The van der Waals surface area contributed by atoms with Crippen LogP contribution >= 0.6 is 0 Å². The molecule has 0 unspecified atom stereocenters. The molecule has 0 atom stereocenters. The zero-order valence-corrected chi connectivity index (χ0v) is 13.9. The topological polar surface area (TPSA) is 71.0 Å². The minimum Gasteiger partial charge on any atom is -0.363 e. The fourth-order valence-electron chi connectivity index (χ4n) is 2.46. The van der Waals surface area contributed by atoms with E-state index in [2.05, 4.69) is 20.3 Å². The van der Waals surface area contributed by atoms with Crippen molar-refractivity contribution in [2.24, 2.45) is 0 Å². The highest BCUT2D eigenvalue weighted by atomic mass is 16.1. The van der Waals surface area contributed by atoms with Crippen molar-refractivity contribution in [2.75, 3.05) is 19.0 Å². The van der Waals surface area contributed by atoms with E-state index in [0.717, 1.165) is 22.3 Å². The fourth-order valence-corrected chi connectivity index (χ4v) is 2.46. The van der Waals surface area contributed by atoms with Crippen LogP contribution in [0.4, 0.5) is 5.82 Å². The Bertz CT molecular complexity index is 886. The van der Waals surface area contributed by atoms with Gasteiger partial charge < -0.3 is 10.2 Å². The Morgan fingerprint density at radius 3 is 2.75 bits per heavy atom. The third-order valence-electron chi connectivity index (χ3n) is 3.64. The van der Waals surface area contributed by atoms with Gasteiger partial charge in [0, 0.05) is 37.4 Å². The Kier molecular flexibility index (Phi) is 4.37. The van der Waals surface area contributed by atoms with Gasteiger partial charge in [0.05, 0.1) is 6.54 Å². The van der Waals surface area contributed by atoms with Crippen LogP contribution in [-0.4, -0.2) is 35.0 Å². The normalized spacial score (nSPS) is 10.6. The molecule has 0 aliphatic rings. The van der Waals surface area contributed by atoms with Crippen molar-refractivity contribution in [2.45, 2.75) is 13.5 Å². The highest BCUT2D eigenvalue weighted by molar-refractivity contribution is 6.05. The maximum absolute atomic E-state index is 12.5. The summed E-state index contributed by atoms with van der Waals surface area (Å²) in [5.41, 5.74) is 1.27. The van der Waals surface area contributed by atoms with Gasteiger partial charge in [-0.1, -0.05) is 24.3 Å². The molecule has 0 aliphatic carbocycles. The molecule has 3 aromatic rings. The lowest BCUT2D eigenvalue weighted by Crippen LogP contribution is -2.25. The Balaban J connectivity index is 1.80. The van der Waals surface area contributed by atoms with Crippen LogP contribution in [0.3, 0.4) is 0 Å². The van der Waals surface area contributed by atoms with Gasteiger partial charge in [-0.2, -0.15) is 0 Å². The zero-order valence-electron chi connectivity index (χ0n) is 13.9. The average Bonchev–Trinajstić information content (AvgIpc) is 2.58. The molecule has 0 bridgehead atoms. The number of hydrogen-bond acceptors (Lipinski definition) is 5. The second-order valence-electron chi connectivity index (χ2n) is 5.74. The molecular weight excluding hydrogens is 302 g/mol. The number of rotatable bonds is 4. The number of aromatic nitrogens is 3. The van der Waals surface area contributed by atoms with E-state index in [1.54, 1.807) is 6.20 Å². The molecule has 6 heteroatoms. The minimum absolute atomic E-state index is 0.233. The Hall–Kier alpha value is -3.02. The molecule has 0 aliphatic heterocycles. The first kappa shape index (κ1) is 15.9. The fraction of sp³-hybridized carbons (Fsp3) is 0.222. The number of anilines is 1. The van der Waals surface area contributed by atoms with Crippen molar-refractivity contribution in [1.82, 2.24) is 20.3 Å². The molecule has 6 nitrogen and oxygen atoms in total. The molecule has 0 radical (unpaired) electrons. The molecule has 0 fully saturated rings. The summed E-state index contributed by atoms with van der Waals surface area (Å²) in [6, 6.07) is 11.5.